The number of rotatable bonds is 6. The highest BCUT2D eigenvalue weighted by atomic mass is 32.2. The molecule has 0 aliphatic carbocycles. The average molecular weight is 480 g/mol. The number of likely N-dealkylation sites (tertiary alicyclic amines) is 1. The number of nitrogens with zero attached hydrogens (tertiary/aromatic N) is 2. The van der Waals surface area contributed by atoms with Gasteiger partial charge >= 0.3 is 0 Å². The van der Waals surface area contributed by atoms with Crippen molar-refractivity contribution in [2.45, 2.75) is 30.1 Å². The summed E-state index contributed by atoms with van der Waals surface area (Å²) in [6, 6.07) is 20.8. The van der Waals surface area contributed by atoms with Crippen molar-refractivity contribution in [3.05, 3.63) is 71.7 Å². The van der Waals surface area contributed by atoms with Gasteiger partial charge in [-0.2, -0.15) is 0 Å². The maximum absolute atomic E-state index is 12.7. The van der Waals surface area contributed by atoms with Crippen molar-refractivity contribution in [2.75, 3.05) is 19.6 Å². The van der Waals surface area contributed by atoms with Crippen LogP contribution in [0.3, 0.4) is 0 Å². The summed E-state index contributed by atoms with van der Waals surface area (Å²) in [6.07, 6.45) is 1.92. The Bertz CT molecular complexity index is 1370. The van der Waals surface area contributed by atoms with E-state index in [-0.39, 0.29) is 23.8 Å². The zero-order valence-corrected chi connectivity index (χ0v) is 19.7. The lowest BCUT2D eigenvalue weighted by molar-refractivity contribution is -0.132. The standard InChI is InChI=1S/C25H25N3O3S2/c29-24(11-14-26-33(30,31)21-10-9-18-5-1-2-6-20(18)17-21)28-15-12-19(13-16-28)25-27-22-7-3-4-8-23(22)32-25/h1-10,17,19,26H,11-16H2. The highest BCUT2D eigenvalue weighted by molar-refractivity contribution is 7.89. The molecular formula is C25H25N3O3S2. The molecule has 1 amide bonds. The molecule has 8 heteroatoms. The zero-order chi connectivity index (χ0) is 22.8. The van der Waals surface area contributed by atoms with Crippen LogP contribution in [0.15, 0.2) is 71.6 Å². The first-order valence-corrected chi connectivity index (χ1v) is 13.4. The monoisotopic (exact) mass is 479 g/mol. The summed E-state index contributed by atoms with van der Waals surface area (Å²) in [6.45, 7) is 1.44. The van der Waals surface area contributed by atoms with E-state index < -0.39 is 10.0 Å². The van der Waals surface area contributed by atoms with Gasteiger partial charge in [0.1, 0.15) is 0 Å². The summed E-state index contributed by atoms with van der Waals surface area (Å²) in [4.78, 5) is 19.5. The van der Waals surface area contributed by atoms with Gasteiger partial charge in [0, 0.05) is 32.0 Å². The molecule has 1 aromatic heterocycles. The molecule has 2 heterocycles. The number of piperidine rings is 1. The van der Waals surface area contributed by atoms with Crippen molar-refractivity contribution < 1.29 is 13.2 Å². The Morgan fingerprint density at radius 2 is 1.73 bits per heavy atom. The topological polar surface area (TPSA) is 79.4 Å². The number of nitrogens with one attached hydrogen (secondary N) is 1. The highest BCUT2D eigenvalue weighted by Gasteiger charge is 2.26. The lowest BCUT2D eigenvalue weighted by Gasteiger charge is -2.31. The number of sulfonamides is 1. The number of benzene rings is 3. The van der Waals surface area contributed by atoms with E-state index in [9.17, 15) is 13.2 Å². The summed E-state index contributed by atoms with van der Waals surface area (Å²) >= 11 is 1.74. The predicted octanol–water partition coefficient (Wildman–Crippen LogP) is 4.52. The molecule has 0 radical (unpaired) electrons. The molecule has 0 atom stereocenters. The Hall–Kier alpha value is -2.81. The number of thiazole rings is 1. The molecule has 5 rings (SSSR count). The third-order valence-corrected chi connectivity index (χ3v) is 8.83. The molecule has 0 spiro atoms. The van der Waals surface area contributed by atoms with E-state index in [2.05, 4.69) is 10.8 Å². The molecule has 1 saturated heterocycles. The van der Waals surface area contributed by atoms with Crippen molar-refractivity contribution in [1.82, 2.24) is 14.6 Å². The van der Waals surface area contributed by atoms with Crippen LogP contribution in [-0.2, 0) is 14.8 Å². The SMILES string of the molecule is O=C(CCNS(=O)(=O)c1ccc2ccccc2c1)N1CCC(c2nc3ccccc3s2)CC1. The predicted molar refractivity (Wildman–Crippen MR) is 132 cm³/mol. The Morgan fingerprint density at radius 1 is 1.00 bits per heavy atom. The number of hydrogen-bond acceptors (Lipinski definition) is 5. The summed E-state index contributed by atoms with van der Waals surface area (Å²) in [7, 11) is -3.66. The average Bonchev–Trinajstić information content (AvgIpc) is 3.28. The summed E-state index contributed by atoms with van der Waals surface area (Å²) in [5.74, 6) is 0.358. The third-order valence-electron chi connectivity index (χ3n) is 6.17. The first-order valence-electron chi connectivity index (χ1n) is 11.1. The molecule has 1 N–H and O–H groups in total. The Morgan fingerprint density at radius 3 is 2.52 bits per heavy atom. The number of para-hydroxylation sites is 1. The molecule has 1 fully saturated rings. The van der Waals surface area contributed by atoms with Gasteiger partial charge in [-0.1, -0.05) is 42.5 Å². The van der Waals surface area contributed by atoms with E-state index in [0.717, 1.165) is 34.1 Å². The van der Waals surface area contributed by atoms with Crippen molar-refractivity contribution in [3.8, 4) is 0 Å². The van der Waals surface area contributed by atoms with E-state index in [1.165, 1.54) is 4.70 Å². The van der Waals surface area contributed by atoms with Crippen molar-refractivity contribution in [2.24, 2.45) is 0 Å². The van der Waals surface area contributed by atoms with Crippen LogP contribution < -0.4 is 4.72 Å². The molecule has 4 aromatic rings. The Balaban J connectivity index is 1.13. The van der Waals surface area contributed by atoms with E-state index in [4.69, 9.17) is 4.98 Å². The molecule has 0 unspecified atom stereocenters. The minimum absolute atomic E-state index is 0.0149. The van der Waals surface area contributed by atoms with Crippen LogP contribution in [0.25, 0.3) is 21.0 Å². The van der Waals surface area contributed by atoms with Gasteiger partial charge in [0.25, 0.3) is 0 Å². The van der Waals surface area contributed by atoms with Crippen molar-refractivity contribution in [1.29, 1.82) is 0 Å². The van der Waals surface area contributed by atoms with E-state index >= 15 is 0 Å². The number of aromatic nitrogens is 1. The maximum atomic E-state index is 12.7. The fourth-order valence-electron chi connectivity index (χ4n) is 4.31. The van der Waals surface area contributed by atoms with Gasteiger partial charge < -0.3 is 4.90 Å². The second-order valence-electron chi connectivity index (χ2n) is 8.33. The van der Waals surface area contributed by atoms with E-state index in [0.29, 0.717) is 19.0 Å². The third kappa shape index (κ3) is 4.78. The lowest BCUT2D eigenvalue weighted by Crippen LogP contribution is -2.39. The van der Waals surface area contributed by atoms with Crippen LogP contribution in [-0.4, -0.2) is 43.8 Å². The molecule has 6 nitrogen and oxygen atoms in total. The first kappa shape index (κ1) is 22.0. The maximum Gasteiger partial charge on any atom is 0.240 e. The molecule has 0 bridgehead atoms. The number of hydrogen-bond donors (Lipinski definition) is 1. The summed E-state index contributed by atoms with van der Waals surface area (Å²) in [5, 5.41) is 3.00. The lowest BCUT2D eigenvalue weighted by atomic mass is 9.97. The van der Waals surface area contributed by atoms with Crippen LogP contribution in [0.5, 0.6) is 0 Å². The minimum Gasteiger partial charge on any atom is -0.343 e. The van der Waals surface area contributed by atoms with Crippen LogP contribution >= 0.6 is 11.3 Å². The smallest absolute Gasteiger partial charge is 0.240 e. The zero-order valence-electron chi connectivity index (χ0n) is 18.1. The molecule has 1 aliphatic rings. The van der Waals surface area contributed by atoms with Gasteiger partial charge in [-0.15, -0.1) is 11.3 Å². The second-order valence-corrected chi connectivity index (χ2v) is 11.2. The largest absolute Gasteiger partial charge is 0.343 e. The van der Waals surface area contributed by atoms with Crippen LogP contribution in [0.4, 0.5) is 0 Å². The Labute approximate surface area is 197 Å². The number of carbonyl (C=O) groups is 1. The highest BCUT2D eigenvalue weighted by Crippen LogP contribution is 2.33. The molecule has 170 valence electrons. The van der Waals surface area contributed by atoms with Crippen LogP contribution in [0, 0.1) is 0 Å². The van der Waals surface area contributed by atoms with Gasteiger partial charge in [-0.05, 0) is 47.9 Å². The minimum atomic E-state index is -3.66. The second kappa shape index (κ2) is 9.21. The summed E-state index contributed by atoms with van der Waals surface area (Å²) in [5.41, 5.74) is 1.04. The molecule has 0 saturated carbocycles. The number of carbonyl (C=O) groups excluding carboxylic acids is 1. The summed E-state index contributed by atoms with van der Waals surface area (Å²) < 4.78 is 29.1. The van der Waals surface area contributed by atoms with Gasteiger partial charge in [0.2, 0.25) is 15.9 Å². The normalized spacial score (nSPS) is 15.3. The van der Waals surface area contributed by atoms with E-state index in [1.54, 1.807) is 29.5 Å². The first-order chi connectivity index (χ1) is 16.0. The molecular weight excluding hydrogens is 454 g/mol. The van der Waals surface area contributed by atoms with Crippen LogP contribution in [0.2, 0.25) is 0 Å². The molecule has 33 heavy (non-hydrogen) atoms. The van der Waals surface area contributed by atoms with Crippen LogP contribution in [0.1, 0.15) is 30.2 Å². The number of amides is 1. The quantitative estimate of drug-likeness (QED) is 0.441. The van der Waals surface area contributed by atoms with Gasteiger partial charge in [-0.3, -0.25) is 4.79 Å². The van der Waals surface area contributed by atoms with Gasteiger partial charge in [-0.25, -0.2) is 18.1 Å². The van der Waals surface area contributed by atoms with Crippen molar-refractivity contribution in [3.63, 3.8) is 0 Å². The molecule has 1 aliphatic heterocycles. The Kier molecular flexibility index (Phi) is 6.14. The fraction of sp³-hybridized carbons (Fsp3) is 0.280. The van der Waals surface area contributed by atoms with E-state index in [1.807, 2.05) is 47.4 Å². The fourth-order valence-corrected chi connectivity index (χ4v) is 6.51. The van der Waals surface area contributed by atoms with Crippen molar-refractivity contribution >= 4 is 48.3 Å². The molecule has 3 aromatic carbocycles. The van der Waals surface area contributed by atoms with Gasteiger partial charge in [0.05, 0.1) is 20.1 Å². The van der Waals surface area contributed by atoms with Gasteiger partial charge in [0.15, 0.2) is 0 Å². The number of fused-ring (bicyclic) bond motifs is 2.